The Morgan fingerprint density at radius 3 is 2.31 bits per heavy atom. The molecule has 0 aromatic rings. The van der Waals surface area contributed by atoms with E-state index in [4.69, 9.17) is 7.48 Å². The summed E-state index contributed by atoms with van der Waals surface area (Å²) in [5.74, 6) is 0. The lowest BCUT2D eigenvalue weighted by Gasteiger charge is -2.29. The topological polar surface area (TPSA) is 29.5 Å². The second-order valence-corrected chi connectivity index (χ2v) is 4.18. The maximum absolute atomic E-state index is 11.7. The number of rotatable bonds is 0. The molecule has 2 unspecified atom stereocenters. The van der Waals surface area contributed by atoms with Gasteiger partial charge in [0.05, 0.1) is 0 Å². The van der Waals surface area contributed by atoms with Gasteiger partial charge in [0, 0.05) is 15.8 Å². The molecule has 1 saturated heterocycles. The van der Waals surface area contributed by atoms with Crippen LogP contribution in [-0.2, 0) is 4.74 Å². The van der Waals surface area contributed by atoms with Crippen LogP contribution in [0, 0.1) is 0 Å². The number of hydrogen-bond acceptors (Lipinski definition) is 2. The van der Waals surface area contributed by atoms with E-state index in [2.05, 4.69) is 0 Å². The second kappa shape index (κ2) is 3.99. The quantitative estimate of drug-likeness (QED) is 0.583. The van der Waals surface area contributed by atoms with Crippen LogP contribution in [0.3, 0.4) is 0 Å². The van der Waals surface area contributed by atoms with Crippen LogP contribution in [0.5, 0.6) is 0 Å². The second-order valence-electron chi connectivity index (χ2n) is 4.18. The zero-order chi connectivity index (χ0) is 11.6. The lowest BCUT2D eigenvalue weighted by Crippen LogP contribution is -2.39. The Labute approximate surface area is 82.9 Å². The normalized spacial score (nSPS) is 32.1. The van der Waals surface area contributed by atoms with Crippen molar-refractivity contribution < 1.29 is 12.3 Å². The molecule has 2 atom stereocenters. The summed E-state index contributed by atoms with van der Waals surface area (Å²) < 4.78 is 20.6. The monoisotopic (exact) mass is 187 g/mol. The van der Waals surface area contributed by atoms with Crippen molar-refractivity contribution in [2.24, 2.45) is 0 Å². The summed E-state index contributed by atoms with van der Waals surface area (Å²) in [7, 11) is 0. The van der Waals surface area contributed by atoms with Crippen molar-refractivity contribution in [1.29, 1.82) is 0 Å². The highest BCUT2D eigenvalue weighted by molar-refractivity contribution is 5.68. The third-order valence-electron chi connectivity index (χ3n) is 1.66. The molecule has 76 valence electrons. The number of piperidine rings is 1. The standard InChI is InChI=1S/C10H19NO2/c1-10(2,3)13-9(12)11-7-5-4-6-8-11/h4-8H2,1-3H3/i7D,8D. The number of likely N-dealkylation sites (tertiary alicyclic amines) is 1. The number of ether oxygens (including phenoxy) is 1. The van der Waals surface area contributed by atoms with Crippen LogP contribution in [0.15, 0.2) is 0 Å². The summed E-state index contributed by atoms with van der Waals surface area (Å²) in [6, 6.07) is 0. The van der Waals surface area contributed by atoms with Crippen molar-refractivity contribution in [1.82, 2.24) is 4.90 Å². The molecule has 1 fully saturated rings. The Kier molecular flexibility index (Phi) is 2.35. The van der Waals surface area contributed by atoms with Gasteiger partial charge in [-0.1, -0.05) is 0 Å². The minimum Gasteiger partial charge on any atom is -0.444 e. The van der Waals surface area contributed by atoms with Gasteiger partial charge < -0.3 is 9.64 Å². The average molecular weight is 187 g/mol. The molecule has 1 heterocycles. The SMILES string of the molecule is [2H]C1CCCC([2H])N1C(=O)OC(C)(C)C. The largest absolute Gasteiger partial charge is 0.444 e. The van der Waals surface area contributed by atoms with E-state index in [1.54, 1.807) is 20.8 Å². The fourth-order valence-corrected chi connectivity index (χ4v) is 1.12. The fourth-order valence-electron chi connectivity index (χ4n) is 1.12. The van der Waals surface area contributed by atoms with Gasteiger partial charge in [0.25, 0.3) is 0 Å². The maximum Gasteiger partial charge on any atom is 0.410 e. The molecule has 1 aliphatic rings. The molecule has 13 heavy (non-hydrogen) atoms. The Bertz CT molecular complexity index is 230. The van der Waals surface area contributed by atoms with Crippen molar-refractivity contribution in [2.75, 3.05) is 13.0 Å². The summed E-state index contributed by atoms with van der Waals surface area (Å²) in [6.07, 6.45) is 1.56. The third-order valence-corrected chi connectivity index (χ3v) is 1.66. The molecule has 3 nitrogen and oxygen atoms in total. The molecular weight excluding hydrogens is 166 g/mol. The molecule has 1 amide bonds. The molecule has 0 aromatic heterocycles. The lowest BCUT2D eigenvalue weighted by atomic mass is 10.1. The molecule has 3 heteroatoms. The van der Waals surface area contributed by atoms with Gasteiger partial charge in [-0.15, -0.1) is 0 Å². The van der Waals surface area contributed by atoms with Gasteiger partial charge in [0.15, 0.2) is 0 Å². The number of amides is 1. The van der Waals surface area contributed by atoms with Gasteiger partial charge in [-0.25, -0.2) is 4.79 Å². The van der Waals surface area contributed by atoms with E-state index in [-0.39, 0.29) is 0 Å². The molecule has 0 bridgehead atoms. The average Bonchev–Trinajstić information content (AvgIpc) is 1.99. The Hall–Kier alpha value is -0.730. The van der Waals surface area contributed by atoms with E-state index in [9.17, 15) is 4.79 Å². The molecule has 1 rings (SSSR count). The van der Waals surface area contributed by atoms with Crippen molar-refractivity contribution in [3.8, 4) is 0 Å². The number of hydrogen-bond donors (Lipinski definition) is 0. The van der Waals surface area contributed by atoms with Crippen LogP contribution in [0.4, 0.5) is 4.79 Å². The van der Waals surface area contributed by atoms with Gasteiger partial charge in [-0.2, -0.15) is 0 Å². The maximum atomic E-state index is 11.7. The Morgan fingerprint density at radius 1 is 1.31 bits per heavy atom. The summed E-state index contributed by atoms with van der Waals surface area (Å²) in [5, 5.41) is 0. The molecule has 0 saturated carbocycles. The van der Waals surface area contributed by atoms with Crippen LogP contribution in [0.25, 0.3) is 0 Å². The molecule has 0 aromatic carbocycles. The van der Waals surface area contributed by atoms with Crippen molar-refractivity contribution in [3.63, 3.8) is 0 Å². The van der Waals surface area contributed by atoms with Gasteiger partial charge in [0.1, 0.15) is 5.60 Å². The Balaban J connectivity index is 2.64. The van der Waals surface area contributed by atoms with Crippen LogP contribution in [-0.4, -0.2) is 29.6 Å². The summed E-state index contributed by atoms with van der Waals surface area (Å²) >= 11 is 0. The first-order valence-corrected chi connectivity index (χ1v) is 4.67. The highest BCUT2D eigenvalue weighted by Gasteiger charge is 2.22. The fraction of sp³-hybridized carbons (Fsp3) is 0.900. The van der Waals surface area contributed by atoms with Crippen LogP contribution in [0.1, 0.15) is 42.8 Å². The first kappa shape index (κ1) is 7.65. The number of carbonyl (C=O) groups excluding carboxylic acids is 1. The van der Waals surface area contributed by atoms with E-state index in [0.717, 1.165) is 6.42 Å². The smallest absolute Gasteiger partial charge is 0.410 e. The lowest BCUT2D eigenvalue weighted by molar-refractivity contribution is 0.0216. The van der Waals surface area contributed by atoms with Crippen molar-refractivity contribution >= 4 is 6.09 Å². The van der Waals surface area contributed by atoms with E-state index in [0.29, 0.717) is 12.8 Å². The zero-order valence-electron chi connectivity index (χ0n) is 10.5. The summed E-state index contributed by atoms with van der Waals surface area (Å²) in [6.45, 7) is 4.10. The first-order valence-electron chi connectivity index (χ1n) is 5.82. The van der Waals surface area contributed by atoms with E-state index in [1.807, 2.05) is 0 Å². The van der Waals surface area contributed by atoms with Crippen LogP contribution in [0.2, 0.25) is 0 Å². The van der Waals surface area contributed by atoms with Crippen LogP contribution >= 0.6 is 0 Å². The highest BCUT2D eigenvalue weighted by atomic mass is 16.6. The minimum atomic E-state index is -0.629. The molecule has 0 N–H and O–H groups in total. The predicted octanol–water partition coefficient (Wildman–Crippen LogP) is 2.41. The summed E-state index contributed by atoms with van der Waals surface area (Å²) in [4.78, 5) is 12.9. The van der Waals surface area contributed by atoms with Crippen molar-refractivity contribution in [2.45, 2.75) is 45.6 Å². The Morgan fingerprint density at radius 2 is 1.85 bits per heavy atom. The molecule has 0 aliphatic carbocycles. The molecule has 0 spiro atoms. The molecular formula is C10H19NO2. The van der Waals surface area contributed by atoms with E-state index >= 15 is 0 Å². The number of nitrogens with zero attached hydrogens (tertiary/aromatic N) is 1. The minimum absolute atomic E-state index is 0.540. The van der Waals surface area contributed by atoms with Crippen molar-refractivity contribution in [3.05, 3.63) is 0 Å². The van der Waals surface area contributed by atoms with E-state index < -0.39 is 24.7 Å². The van der Waals surface area contributed by atoms with Crippen LogP contribution < -0.4 is 0 Å². The van der Waals surface area contributed by atoms with Gasteiger partial charge in [0.2, 0.25) is 0 Å². The van der Waals surface area contributed by atoms with Gasteiger partial charge in [-0.3, -0.25) is 0 Å². The first-order chi connectivity index (χ1) is 6.81. The summed E-state index contributed by atoms with van der Waals surface area (Å²) in [5.41, 5.74) is -0.562. The van der Waals surface area contributed by atoms with E-state index in [1.165, 1.54) is 4.90 Å². The highest BCUT2D eigenvalue weighted by Crippen LogP contribution is 2.14. The molecule has 0 radical (unpaired) electrons. The molecule has 1 aliphatic heterocycles. The van der Waals surface area contributed by atoms with Gasteiger partial charge in [-0.05, 0) is 40.0 Å². The third kappa shape index (κ3) is 3.66. The van der Waals surface area contributed by atoms with Gasteiger partial charge >= 0.3 is 6.09 Å². The zero-order valence-corrected chi connectivity index (χ0v) is 8.54. The number of carbonyl (C=O) groups is 1. The predicted molar refractivity (Wildman–Crippen MR) is 51.7 cm³/mol.